The molecule has 5 nitrogen and oxygen atoms in total. The second-order valence-corrected chi connectivity index (χ2v) is 8.97. The summed E-state index contributed by atoms with van der Waals surface area (Å²) in [7, 11) is 0. The molecule has 1 aromatic heterocycles. The highest BCUT2D eigenvalue weighted by Crippen LogP contribution is 2.60. The smallest absolute Gasteiger partial charge is 0.251 e. The topological polar surface area (TPSA) is 78.0 Å². The molecule has 1 amide bonds. The summed E-state index contributed by atoms with van der Waals surface area (Å²) >= 11 is 9.31. The molecule has 0 spiro atoms. The fraction of sp³-hybridized carbons (Fsp3) is 0.300. The van der Waals surface area contributed by atoms with Gasteiger partial charge in [0.05, 0.1) is 21.8 Å². The molecule has 3 N–H and O–H groups in total. The van der Waals surface area contributed by atoms with E-state index >= 15 is 0 Å². The Kier molecular flexibility index (Phi) is 4.05. The fourth-order valence-corrected chi connectivity index (χ4v) is 5.17. The number of aliphatic hydroxyl groups is 1. The highest BCUT2D eigenvalue weighted by molar-refractivity contribution is 9.10. The van der Waals surface area contributed by atoms with E-state index in [4.69, 9.17) is 11.6 Å². The van der Waals surface area contributed by atoms with Crippen molar-refractivity contribution in [2.75, 3.05) is 0 Å². The van der Waals surface area contributed by atoms with Gasteiger partial charge in [-0.3, -0.25) is 9.89 Å². The molecule has 0 bridgehead atoms. The summed E-state index contributed by atoms with van der Waals surface area (Å²) in [5, 5.41) is 22.7. The lowest BCUT2D eigenvalue weighted by molar-refractivity contribution is 0.0293. The van der Waals surface area contributed by atoms with Crippen LogP contribution in [0.1, 0.15) is 28.8 Å². The van der Waals surface area contributed by atoms with Crippen molar-refractivity contribution < 1.29 is 14.3 Å². The van der Waals surface area contributed by atoms with Crippen molar-refractivity contribution >= 4 is 44.3 Å². The molecule has 2 fully saturated rings. The number of nitrogens with zero attached hydrogens (tertiary/aromatic N) is 1. The van der Waals surface area contributed by atoms with E-state index in [1.165, 1.54) is 18.2 Å². The molecular formula is C20H16BrClFN3O2. The molecule has 1 unspecified atom stereocenters. The highest BCUT2D eigenvalue weighted by atomic mass is 79.9. The van der Waals surface area contributed by atoms with Crippen LogP contribution < -0.4 is 5.32 Å². The van der Waals surface area contributed by atoms with Gasteiger partial charge >= 0.3 is 0 Å². The standard InChI is InChI=1S/C20H16BrClFN3O2/c21-15-3-9(1-2-16(15)23)19(27)25-18-11-6-20(28,7-12(11)18)14-4-10(22)5-17-13(14)8-24-26-17/h1-5,8,11-12,18,28H,6-7H2,(H,24,26)(H,25,27)/t11-,12+,18?,20+. The van der Waals surface area contributed by atoms with E-state index in [1.807, 2.05) is 0 Å². The number of carbonyl (C=O) groups excluding carboxylic acids is 1. The number of aromatic amines is 1. The minimum absolute atomic E-state index is 0.0237. The van der Waals surface area contributed by atoms with Gasteiger partial charge in [0.2, 0.25) is 0 Å². The Bertz CT molecular complexity index is 1110. The van der Waals surface area contributed by atoms with Crippen molar-refractivity contribution in [1.82, 2.24) is 15.5 Å². The number of fused-ring (bicyclic) bond motifs is 2. The van der Waals surface area contributed by atoms with Crippen molar-refractivity contribution in [3.05, 3.63) is 63.0 Å². The van der Waals surface area contributed by atoms with Gasteiger partial charge in [-0.1, -0.05) is 11.6 Å². The van der Waals surface area contributed by atoms with Crippen molar-refractivity contribution in [1.29, 1.82) is 0 Å². The second-order valence-electron chi connectivity index (χ2n) is 7.68. The zero-order valence-corrected chi connectivity index (χ0v) is 16.9. The summed E-state index contributed by atoms with van der Waals surface area (Å²) < 4.78 is 13.6. The molecular weight excluding hydrogens is 449 g/mol. The van der Waals surface area contributed by atoms with Gasteiger partial charge in [0, 0.05) is 22.0 Å². The van der Waals surface area contributed by atoms with Gasteiger partial charge in [0.1, 0.15) is 5.82 Å². The minimum Gasteiger partial charge on any atom is -0.385 e. The highest BCUT2D eigenvalue weighted by Gasteiger charge is 2.62. The first-order valence-corrected chi connectivity index (χ1v) is 10.1. The second kappa shape index (κ2) is 6.27. The summed E-state index contributed by atoms with van der Waals surface area (Å²) in [5.41, 5.74) is 0.998. The molecule has 28 heavy (non-hydrogen) atoms. The lowest BCUT2D eigenvalue weighted by atomic mass is 9.86. The molecule has 8 heteroatoms. The van der Waals surface area contributed by atoms with Crippen LogP contribution in [0.5, 0.6) is 0 Å². The first kappa shape index (κ1) is 18.1. The number of H-pyrrole nitrogens is 1. The average molecular weight is 465 g/mol. The molecule has 0 radical (unpaired) electrons. The van der Waals surface area contributed by atoms with Gasteiger partial charge in [0.25, 0.3) is 5.91 Å². The quantitative estimate of drug-likeness (QED) is 0.545. The van der Waals surface area contributed by atoms with Crippen LogP contribution >= 0.6 is 27.5 Å². The maximum Gasteiger partial charge on any atom is 0.251 e. The number of rotatable bonds is 3. The number of hydrogen-bond donors (Lipinski definition) is 3. The monoisotopic (exact) mass is 463 g/mol. The molecule has 2 saturated carbocycles. The summed E-state index contributed by atoms with van der Waals surface area (Å²) in [4.78, 5) is 12.5. The lowest BCUT2D eigenvalue weighted by Gasteiger charge is -2.27. The number of carbonyl (C=O) groups is 1. The van der Waals surface area contributed by atoms with Crippen molar-refractivity contribution in [2.24, 2.45) is 11.8 Å². The Morgan fingerprint density at radius 2 is 2.07 bits per heavy atom. The van der Waals surface area contributed by atoms with Crippen LogP contribution in [0.3, 0.4) is 0 Å². The van der Waals surface area contributed by atoms with E-state index in [9.17, 15) is 14.3 Å². The van der Waals surface area contributed by atoms with Crippen LogP contribution in [0.25, 0.3) is 10.9 Å². The number of aromatic nitrogens is 2. The van der Waals surface area contributed by atoms with E-state index in [2.05, 4.69) is 31.4 Å². The molecule has 2 aromatic carbocycles. The molecule has 2 aliphatic carbocycles. The fourth-order valence-electron chi connectivity index (χ4n) is 4.57. The van der Waals surface area contributed by atoms with Gasteiger partial charge in [-0.05, 0) is 76.5 Å². The number of benzene rings is 2. The third-order valence-corrected chi connectivity index (χ3v) is 6.81. The maximum absolute atomic E-state index is 13.4. The van der Waals surface area contributed by atoms with Crippen LogP contribution in [0.4, 0.5) is 4.39 Å². The number of halogens is 3. The van der Waals surface area contributed by atoms with E-state index in [0.717, 1.165) is 16.5 Å². The summed E-state index contributed by atoms with van der Waals surface area (Å²) in [6.07, 6.45) is 2.81. The lowest BCUT2D eigenvalue weighted by Crippen LogP contribution is -2.33. The SMILES string of the molecule is O=C(NC1[C@H]2C[C@](O)(c3cc(Cl)cc4[nH]ncc34)C[C@@H]12)c1ccc(F)c(Br)c1. The summed E-state index contributed by atoms with van der Waals surface area (Å²) in [6, 6.07) is 7.81. The third kappa shape index (κ3) is 2.84. The average Bonchev–Trinajstić information content (AvgIpc) is 3.03. The Morgan fingerprint density at radius 3 is 2.79 bits per heavy atom. The van der Waals surface area contributed by atoms with Crippen LogP contribution in [0, 0.1) is 17.7 Å². The van der Waals surface area contributed by atoms with Gasteiger partial charge in [0.15, 0.2) is 0 Å². The van der Waals surface area contributed by atoms with E-state index < -0.39 is 11.4 Å². The summed E-state index contributed by atoms with van der Waals surface area (Å²) in [6.45, 7) is 0. The molecule has 1 heterocycles. The molecule has 0 saturated heterocycles. The predicted molar refractivity (Wildman–Crippen MR) is 107 cm³/mol. The van der Waals surface area contributed by atoms with E-state index in [-0.39, 0.29) is 28.3 Å². The zero-order chi connectivity index (χ0) is 19.6. The number of hydrogen-bond acceptors (Lipinski definition) is 3. The maximum atomic E-state index is 13.4. The normalized spacial score (nSPS) is 28.4. The first-order valence-electron chi connectivity index (χ1n) is 8.97. The van der Waals surface area contributed by atoms with Crippen molar-refractivity contribution in [2.45, 2.75) is 24.5 Å². The van der Waals surface area contributed by atoms with E-state index in [0.29, 0.717) is 23.4 Å². The van der Waals surface area contributed by atoms with Gasteiger partial charge < -0.3 is 10.4 Å². The molecule has 5 rings (SSSR count). The van der Waals surface area contributed by atoms with Crippen LogP contribution in [-0.2, 0) is 5.60 Å². The van der Waals surface area contributed by atoms with Crippen molar-refractivity contribution in [3.63, 3.8) is 0 Å². The van der Waals surface area contributed by atoms with Gasteiger partial charge in [-0.15, -0.1) is 0 Å². The Hall–Kier alpha value is -1.96. The molecule has 0 aliphatic heterocycles. The Morgan fingerprint density at radius 1 is 1.32 bits per heavy atom. The Labute approximate surface area is 173 Å². The molecule has 144 valence electrons. The Balaban J connectivity index is 1.32. The first-order chi connectivity index (χ1) is 13.4. The van der Waals surface area contributed by atoms with E-state index in [1.54, 1.807) is 18.3 Å². The predicted octanol–water partition coefficient (Wildman–Crippen LogP) is 4.14. The third-order valence-electron chi connectivity index (χ3n) is 5.98. The number of amides is 1. The van der Waals surface area contributed by atoms with Crippen LogP contribution in [0.15, 0.2) is 41.0 Å². The molecule has 2 aliphatic rings. The van der Waals surface area contributed by atoms with Crippen LogP contribution in [0.2, 0.25) is 5.02 Å². The van der Waals surface area contributed by atoms with Gasteiger partial charge in [-0.2, -0.15) is 5.10 Å². The minimum atomic E-state index is -0.984. The molecule has 3 aromatic rings. The largest absolute Gasteiger partial charge is 0.385 e. The van der Waals surface area contributed by atoms with Crippen molar-refractivity contribution in [3.8, 4) is 0 Å². The molecule has 4 atom stereocenters. The van der Waals surface area contributed by atoms with Gasteiger partial charge in [-0.25, -0.2) is 4.39 Å². The zero-order valence-electron chi connectivity index (χ0n) is 14.5. The summed E-state index contributed by atoms with van der Waals surface area (Å²) in [5.74, 6) is -0.224. The number of nitrogens with one attached hydrogen (secondary N) is 2. The van der Waals surface area contributed by atoms with Crippen LogP contribution in [-0.4, -0.2) is 27.3 Å².